The average Bonchev–Trinajstić information content (AvgIpc) is 3.70. The number of hydrogen-bond acceptors (Lipinski definition) is 7. The number of halogens is 1. The molecule has 2 aliphatic rings. The largest absolute Gasteiger partial charge is 0.396 e. The third kappa shape index (κ3) is 6.20. The van der Waals surface area contributed by atoms with E-state index < -0.39 is 17.4 Å². The van der Waals surface area contributed by atoms with Crippen molar-refractivity contribution in [2.24, 2.45) is 5.92 Å². The second kappa shape index (κ2) is 12.5. The molecule has 1 saturated heterocycles. The molecule has 11 heteroatoms. The third-order valence-electron chi connectivity index (χ3n) is 7.73. The second-order valence-electron chi connectivity index (χ2n) is 10.6. The molecule has 1 fully saturated rings. The summed E-state index contributed by atoms with van der Waals surface area (Å²) in [7, 11) is 0. The first-order chi connectivity index (χ1) is 19.8. The predicted molar refractivity (Wildman–Crippen MR) is 156 cm³/mol. The SMILES string of the molecule is C[C@H](/C=C/CCn1cc(CCO)nn1)[C@@]1(O)C(=O)N(Cc2ccc(NC(=O)[C@H]3CCCN3)cc2)c2ccc(Cl)cc21. The molecule has 0 radical (unpaired) electrons. The number of allylic oxidation sites excluding steroid dienone is 1. The van der Waals surface area contributed by atoms with Gasteiger partial charge in [-0.15, -0.1) is 5.10 Å². The Bertz CT molecular complexity index is 1420. The zero-order valence-electron chi connectivity index (χ0n) is 23.0. The summed E-state index contributed by atoms with van der Waals surface area (Å²) >= 11 is 6.31. The van der Waals surface area contributed by atoms with Gasteiger partial charge in [-0.25, -0.2) is 0 Å². The van der Waals surface area contributed by atoms with E-state index in [0.29, 0.717) is 41.3 Å². The number of fused-ring (bicyclic) bond motifs is 1. The molecular formula is C30H35ClN6O4. The number of amides is 2. The van der Waals surface area contributed by atoms with E-state index >= 15 is 0 Å². The summed E-state index contributed by atoms with van der Waals surface area (Å²) in [5.41, 5.74) is 1.59. The number of aliphatic hydroxyl groups excluding tert-OH is 1. The van der Waals surface area contributed by atoms with Gasteiger partial charge in [-0.1, -0.05) is 48.0 Å². The molecule has 1 aromatic heterocycles. The van der Waals surface area contributed by atoms with E-state index in [1.165, 1.54) is 0 Å². The molecule has 2 aliphatic heterocycles. The number of aliphatic hydroxyl groups is 2. The number of benzene rings is 2. The van der Waals surface area contributed by atoms with Crippen molar-refractivity contribution in [3.05, 3.63) is 82.7 Å². The molecule has 0 spiro atoms. The Morgan fingerprint density at radius 3 is 2.83 bits per heavy atom. The smallest absolute Gasteiger partial charge is 0.264 e. The maximum Gasteiger partial charge on any atom is 0.264 e. The summed E-state index contributed by atoms with van der Waals surface area (Å²) in [5.74, 6) is -0.989. The highest BCUT2D eigenvalue weighted by molar-refractivity contribution is 6.31. The summed E-state index contributed by atoms with van der Waals surface area (Å²) in [6.07, 6.45) is 8.46. The first kappa shape index (κ1) is 28.9. The summed E-state index contributed by atoms with van der Waals surface area (Å²) in [6, 6.07) is 12.4. The van der Waals surface area contributed by atoms with Gasteiger partial charge in [0, 0.05) is 48.0 Å². The summed E-state index contributed by atoms with van der Waals surface area (Å²) in [4.78, 5) is 27.8. The Morgan fingerprint density at radius 1 is 1.29 bits per heavy atom. The van der Waals surface area contributed by atoms with Crippen LogP contribution in [0.3, 0.4) is 0 Å². The number of carbonyl (C=O) groups is 2. The molecule has 4 N–H and O–H groups in total. The number of nitrogens with one attached hydrogen (secondary N) is 2. The van der Waals surface area contributed by atoms with Crippen LogP contribution in [0.2, 0.25) is 5.02 Å². The summed E-state index contributed by atoms with van der Waals surface area (Å²) in [6.45, 7) is 3.52. The first-order valence-electron chi connectivity index (χ1n) is 13.9. The maximum absolute atomic E-state index is 13.8. The minimum absolute atomic E-state index is 0.0209. The Labute approximate surface area is 244 Å². The molecule has 5 rings (SSSR count). The van der Waals surface area contributed by atoms with Gasteiger partial charge in [0.25, 0.3) is 5.91 Å². The van der Waals surface area contributed by atoms with Crippen molar-refractivity contribution in [3.8, 4) is 0 Å². The molecule has 0 unspecified atom stereocenters. The van der Waals surface area contributed by atoms with Crippen molar-refractivity contribution >= 4 is 34.8 Å². The minimum Gasteiger partial charge on any atom is -0.396 e. The topological polar surface area (TPSA) is 133 Å². The second-order valence-corrected chi connectivity index (χ2v) is 11.0. The number of aryl methyl sites for hydroxylation is 1. The Morgan fingerprint density at radius 2 is 2.10 bits per heavy atom. The van der Waals surface area contributed by atoms with Crippen LogP contribution in [0.15, 0.2) is 60.8 Å². The zero-order valence-corrected chi connectivity index (χ0v) is 23.7. The predicted octanol–water partition coefficient (Wildman–Crippen LogP) is 3.17. The summed E-state index contributed by atoms with van der Waals surface area (Å²) in [5, 5.41) is 35.6. The quantitative estimate of drug-likeness (QED) is 0.257. The van der Waals surface area contributed by atoms with E-state index in [-0.39, 0.29) is 25.1 Å². The fraction of sp³-hybridized carbons (Fsp3) is 0.400. The van der Waals surface area contributed by atoms with Crippen LogP contribution in [-0.4, -0.2) is 56.2 Å². The lowest BCUT2D eigenvalue weighted by Crippen LogP contribution is -2.44. The fourth-order valence-corrected chi connectivity index (χ4v) is 5.59. The van der Waals surface area contributed by atoms with Crippen LogP contribution >= 0.6 is 11.6 Å². The van der Waals surface area contributed by atoms with Crippen LogP contribution in [0, 0.1) is 5.92 Å². The lowest BCUT2D eigenvalue weighted by atomic mass is 9.83. The van der Waals surface area contributed by atoms with Crippen LogP contribution in [0.5, 0.6) is 0 Å². The van der Waals surface area contributed by atoms with Gasteiger partial charge in [0.1, 0.15) is 0 Å². The normalized spacial score (nSPS) is 21.0. The number of aromatic nitrogens is 3. The van der Waals surface area contributed by atoms with Crippen LogP contribution < -0.4 is 15.5 Å². The van der Waals surface area contributed by atoms with Gasteiger partial charge in [-0.05, 0) is 61.7 Å². The van der Waals surface area contributed by atoms with Crippen molar-refractivity contribution in [3.63, 3.8) is 0 Å². The van der Waals surface area contributed by atoms with Gasteiger partial charge in [-0.3, -0.25) is 14.3 Å². The molecule has 41 heavy (non-hydrogen) atoms. The van der Waals surface area contributed by atoms with Crippen LogP contribution in [0.25, 0.3) is 0 Å². The average molecular weight is 579 g/mol. The molecule has 10 nitrogen and oxygen atoms in total. The number of carbonyl (C=O) groups excluding carboxylic acids is 2. The standard InChI is InChI=1S/C30H35ClN6O4/c1-20(5-2-3-15-36-19-24(13-16-38)34-35-36)30(41)25-17-22(31)9-12-27(25)37(29(30)40)18-21-7-10-23(11-8-21)33-28(39)26-6-4-14-32-26/h2,5,7-12,17,19-20,26,32,38,41H,3-4,6,13-16,18H2,1H3,(H,33,39)/b5-2+/t20-,26-,30+/m1/s1. The molecule has 2 aromatic carbocycles. The molecule has 3 heterocycles. The number of rotatable bonds is 11. The number of anilines is 2. The molecule has 0 aliphatic carbocycles. The maximum atomic E-state index is 13.8. The van der Waals surface area contributed by atoms with Crippen molar-refractivity contribution in [1.82, 2.24) is 20.3 Å². The molecule has 3 aromatic rings. The van der Waals surface area contributed by atoms with Gasteiger partial charge in [0.05, 0.1) is 24.0 Å². The molecule has 0 saturated carbocycles. The van der Waals surface area contributed by atoms with Crippen LogP contribution in [0.4, 0.5) is 11.4 Å². The highest BCUT2D eigenvalue weighted by atomic mass is 35.5. The van der Waals surface area contributed by atoms with Crippen molar-refractivity contribution < 1.29 is 19.8 Å². The van der Waals surface area contributed by atoms with E-state index in [1.54, 1.807) is 34.0 Å². The lowest BCUT2D eigenvalue weighted by molar-refractivity contribution is -0.139. The van der Waals surface area contributed by atoms with Crippen molar-refractivity contribution in [2.75, 3.05) is 23.4 Å². The molecular weight excluding hydrogens is 544 g/mol. The molecule has 2 amide bonds. The monoisotopic (exact) mass is 578 g/mol. The number of nitrogens with zero attached hydrogens (tertiary/aromatic N) is 4. The van der Waals surface area contributed by atoms with Gasteiger partial charge in [0.2, 0.25) is 5.91 Å². The minimum atomic E-state index is -1.78. The molecule has 216 valence electrons. The van der Waals surface area contributed by atoms with E-state index in [4.69, 9.17) is 16.7 Å². The first-order valence-corrected chi connectivity index (χ1v) is 14.3. The fourth-order valence-electron chi connectivity index (χ4n) is 5.41. The van der Waals surface area contributed by atoms with Gasteiger partial charge in [0.15, 0.2) is 5.60 Å². The van der Waals surface area contributed by atoms with E-state index in [0.717, 1.165) is 30.6 Å². The Kier molecular flexibility index (Phi) is 8.84. The Balaban J connectivity index is 1.27. The number of hydrogen-bond donors (Lipinski definition) is 4. The van der Waals surface area contributed by atoms with Crippen LogP contribution in [-0.2, 0) is 34.7 Å². The third-order valence-corrected chi connectivity index (χ3v) is 7.97. The van der Waals surface area contributed by atoms with E-state index in [9.17, 15) is 14.7 Å². The highest BCUT2D eigenvalue weighted by Crippen LogP contribution is 2.46. The molecule has 3 atom stereocenters. The highest BCUT2D eigenvalue weighted by Gasteiger charge is 2.52. The van der Waals surface area contributed by atoms with Gasteiger partial charge < -0.3 is 25.7 Å². The van der Waals surface area contributed by atoms with Gasteiger partial charge in [-0.2, -0.15) is 0 Å². The van der Waals surface area contributed by atoms with Crippen molar-refractivity contribution in [1.29, 1.82) is 0 Å². The molecule has 0 bridgehead atoms. The van der Waals surface area contributed by atoms with E-state index in [1.807, 2.05) is 43.3 Å². The lowest BCUT2D eigenvalue weighted by Gasteiger charge is -2.27. The van der Waals surface area contributed by atoms with E-state index in [2.05, 4.69) is 20.9 Å². The Hall–Kier alpha value is -3.57. The van der Waals surface area contributed by atoms with Crippen LogP contribution in [0.1, 0.15) is 43.0 Å². The summed E-state index contributed by atoms with van der Waals surface area (Å²) < 4.78 is 1.70. The zero-order chi connectivity index (χ0) is 29.0. The van der Waals surface area contributed by atoms with Gasteiger partial charge >= 0.3 is 0 Å². The van der Waals surface area contributed by atoms with Crippen molar-refractivity contribution in [2.45, 2.75) is 57.3 Å².